The van der Waals surface area contributed by atoms with Gasteiger partial charge in [-0.3, -0.25) is 4.79 Å². The fourth-order valence-electron chi connectivity index (χ4n) is 1.56. The van der Waals surface area contributed by atoms with Crippen LogP contribution in [0.4, 0.5) is 0 Å². The predicted molar refractivity (Wildman–Crippen MR) is 55.9 cm³/mol. The number of hydrogen-bond acceptors (Lipinski definition) is 3. The number of amides is 1. The number of ether oxygens (including phenoxy) is 1. The average Bonchev–Trinajstić information content (AvgIpc) is 2.28. The van der Waals surface area contributed by atoms with Gasteiger partial charge in [-0.1, -0.05) is 6.08 Å². The standard InChI is InChI=1S/C11H16N2O2/c1-9(7-12)11(14)13-5-3-10(4-6-13)8-15-2/h3,9H,4-6,8H2,1-2H3. The smallest absolute Gasteiger partial charge is 0.239 e. The highest BCUT2D eigenvalue weighted by atomic mass is 16.5. The maximum Gasteiger partial charge on any atom is 0.239 e. The molecule has 0 saturated carbocycles. The van der Waals surface area contributed by atoms with Gasteiger partial charge < -0.3 is 9.64 Å². The second-order valence-corrected chi connectivity index (χ2v) is 3.68. The van der Waals surface area contributed by atoms with E-state index < -0.39 is 5.92 Å². The number of carbonyl (C=O) groups is 1. The van der Waals surface area contributed by atoms with Crippen LogP contribution >= 0.6 is 0 Å². The molecule has 1 atom stereocenters. The van der Waals surface area contributed by atoms with Crippen LogP contribution in [0.2, 0.25) is 0 Å². The Morgan fingerprint density at radius 3 is 3.00 bits per heavy atom. The maximum absolute atomic E-state index is 11.6. The van der Waals surface area contributed by atoms with Crippen molar-refractivity contribution in [1.82, 2.24) is 4.90 Å². The molecule has 4 heteroatoms. The van der Waals surface area contributed by atoms with Crippen LogP contribution in [0.5, 0.6) is 0 Å². The highest BCUT2D eigenvalue weighted by molar-refractivity contribution is 5.81. The lowest BCUT2D eigenvalue weighted by Crippen LogP contribution is -2.38. The van der Waals surface area contributed by atoms with E-state index in [-0.39, 0.29) is 5.91 Å². The van der Waals surface area contributed by atoms with Crippen molar-refractivity contribution in [3.8, 4) is 6.07 Å². The monoisotopic (exact) mass is 208 g/mol. The normalized spacial score (nSPS) is 17.9. The number of nitrogens with zero attached hydrogens (tertiary/aromatic N) is 2. The molecular weight excluding hydrogens is 192 g/mol. The van der Waals surface area contributed by atoms with Crippen molar-refractivity contribution in [3.63, 3.8) is 0 Å². The number of nitriles is 1. The average molecular weight is 208 g/mol. The summed E-state index contributed by atoms with van der Waals surface area (Å²) in [5.74, 6) is -0.618. The van der Waals surface area contributed by atoms with Crippen LogP contribution in [0.1, 0.15) is 13.3 Å². The quantitative estimate of drug-likeness (QED) is 0.649. The van der Waals surface area contributed by atoms with Crippen molar-refractivity contribution >= 4 is 5.91 Å². The first-order valence-electron chi connectivity index (χ1n) is 5.04. The Hall–Kier alpha value is -1.34. The molecule has 1 rings (SSSR count). The Kier molecular flexibility index (Phi) is 4.32. The van der Waals surface area contributed by atoms with E-state index >= 15 is 0 Å². The molecular formula is C11H16N2O2. The number of hydrogen-bond donors (Lipinski definition) is 0. The Morgan fingerprint density at radius 2 is 2.53 bits per heavy atom. The Morgan fingerprint density at radius 1 is 1.80 bits per heavy atom. The van der Waals surface area contributed by atoms with Crippen molar-refractivity contribution in [1.29, 1.82) is 5.26 Å². The first-order valence-corrected chi connectivity index (χ1v) is 5.04. The fraction of sp³-hybridized carbons (Fsp3) is 0.636. The van der Waals surface area contributed by atoms with E-state index in [1.807, 2.05) is 12.1 Å². The minimum Gasteiger partial charge on any atom is -0.380 e. The van der Waals surface area contributed by atoms with Gasteiger partial charge in [-0.2, -0.15) is 5.26 Å². The van der Waals surface area contributed by atoms with Crippen molar-refractivity contribution in [3.05, 3.63) is 11.6 Å². The summed E-state index contributed by atoms with van der Waals surface area (Å²) in [6.45, 7) is 3.57. The van der Waals surface area contributed by atoms with Gasteiger partial charge in [-0.15, -0.1) is 0 Å². The zero-order valence-electron chi connectivity index (χ0n) is 9.19. The molecule has 0 aromatic heterocycles. The van der Waals surface area contributed by atoms with E-state index in [0.29, 0.717) is 19.7 Å². The largest absolute Gasteiger partial charge is 0.380 e. The molecule has 0 fully saturated rings. The van der Waals surface area contributed by atoms with Crippen LogP contribution in [-0.2, 0) is 9.53 Å². The van der Waals surface area contributed by atoms with Gasteiger partial charge in [0, 0.05) is 20.2 Å². The zero-order chi connectivity index (χ0) is 11.3. The van der Waals surface area contributed by atoms with E-state index in [2.05, 4.69) is 0 Å². The van der Waals surface area contributed by atoms with E-state index in [9.17, 15) is 4.79 Å². The summed E-state index contributed by atoms with van der Waals surface area (Å²) in [6, 6.07) is 1.96. The van der Waals surface area contributed by atoms with Crippen molar-refractivity contribution in [2.75, 3.05) is 26.8 Å². The molecule has 82 valence electrons. The topological polar surface area (TPSA) is 53.3 Å². The second kappa shape index (κ2) is 5.52. The lowest BCUT2D eigenvalue weighted by Gasteiger charge is -2.27. The fourth-order valence-corrected chi connectivity index (χ4v) is 1.56. The van der Waals surface area contributed by atoms with E-state index in [1.54, 1.807) is 18.9 Å². The third-order valence-electron chi connectivity index (χ3n) is 2.51. The van der Waals surface area contributed by atoms with Crippen molar-refractivity contribution < 1.29 is 9.53 Å². The van der Waals surface area contributed by atoms with E-state index in [1.165, 1.54) is 5.57 Å². The van der Waals surface area contributed by atoms with Crippen molar-refractivity contribution in [2.45, 2.75) is 13.3 Å². The molecule has 0 saturated heterocycles. The first kappa shape index (κ1) is 11.7. The molecule has 1 aliphatic rings. The van der Waals surface area contributed by atoms with Crippen LogP contribution in [0.25, 0.3) is 0 Å². The molecule has 4 nitrogen and oxygen atoms in total. The first-order chi connectivity index (χ1) is 7.19. The Bertz CT molecular complexity index is 304. The molecule has 0 bridgehead atoms. The zero-order valence-corrected chi connectivity index (χ0v) is 9.19. The van der Waals surface area contributed by atoms with Gasteiger partial charge in [0.2, 0.25) is 5.91 Å². The van der Waals surface area contributed by atoms with Gasteiger partial charge in [0.05, 0.1) is 12.7 Å². The molecule has 0 aliphatic carbocycles. The minimum atomic E-state index is -0.539. The highest BCUT2D eigenvalue weighted by Crippen LogP contribution is 2.13. The van der Waals surface area contributed by atoms with Crippen LogP contribution in [0.15, 0.2) is 11.6 Å². The molecule has 1 aliphatic heterocycles. The molecule has 1 heterocycles. The van der Waals surface area contributed by atoms with Gasteiger partial charge >= 0.3 is 0 Å². The minimum absolute atomic E-state index is 0.0785. The number of methoxy groups -OCH3 is 1. The summed E-state index contributed by atoms with van der Waals surface area (Å²) < 4.78 is 5.02. The molecule has 0 radical (unpaired) electrons. The Balaban J connectivity index is 2.51. The van der Waals surface area contributed by atoms with Gasteiger partial charge in [0.15, 0.2) is 0 Å². The van der Waals surface area contributed by atoms with Crippen LogP contribution < -0.4 is 0 Å². The summed E-state index contributed by atoms with van der Waals surface area (Å²) in [5, 5.41) is 8.64. The molecule has 0 aromatic rings. The van der Waals surface area contributed by atoms with Gasteiger partial charge in [0.25, 0.3) is 0 Å². The van der Waals surface area contributed by atoms with Crippen LogP contribution in [0.3, 0.4) is 0 Å². The number of rotatable bonds is 3. The third-order valence-corrected chi connectivity index (χ3v) is 2.51. The van der Waals surface area contributed by atoms with Gasteiger partial charge in [-0.25, -0.2) is 0 Å². The Labute approximate surface area is 90.1 Å². The van der Waals surface area contributed by atoms with Crippen LogP contribution in [-0.4, -0.2) is 37.6 Å². The van der Waals surface area contributed by atoms with Crippen molar-refractivity contribution in [2.24, 2.45) is 5.92 Å². The molecule has 0 N–H and O–H groups in total. The maximum atomic E-state index is 11.6. The highest BCUT2D eigenvalue weighted by Gasteiger charge is 2.21. The predicted octanol–water partition coefficient (Wildman–Crippen LogP) is 0.951. The van der Waals surface area contributed by atoms with E-state index in [4.69, 9.17) is 10.00 Å². The van der Waals surface area contributed by atoms with Gasteiger partial charge in [0.1, 0.15) is 5.92 Å². The number of carbonyl (C=O) groups excluding carboxylic acids is 1. The summed E-state index contributed by atoms with van der Waals surface area (Å²) >= 11 is 0. The van der Waals surface area contributed by atoms with Gasteiger partial charge in [-0.05, 0) is 18.9 Å². The van der Waals surface area contributed by atoms with Crippen LogP contribution in [0, 0.1) is 17.2 Å². The summed E-state index contributed by atoms with van der Waals surface area (Å²) in [7, 11) is 1.66. The lowest BCUT2D eigenvalue weighted by molar-refractivity contribution is -0.133. The molecule has 1 unspecified atom stereocenters. The molecule has 1 amide bonds. The molecule has 15 heavy (non-hydrogen) atoms. The molecule has 0 spiro atoms. The third kappa shape index (κ3) is 3.07. The summed E-state index contributed by atoms with van der Waals surface area (Å²) in [5.41, 5.74) is 1.23. The summed E-state index contributed by atoms with van der Waals surface area (Å²) in [6.07, 6.45) is 2.85. The molecule has 0 aromatic carbocycles. The lowest BCUT2D eigenvalue weighted by atomic mass is 10.1. The van der Waals surface area contributed by atoms with E-state index in [0.717, 1.165) is 6.42 Å². The SMILES string of the molecule is COCC1=CCN(C(=O)C(C)C#N)CC1. The summed E-state index contributed by atoms with van der Waals surface area (Å²) in [4.78, 5) is 13.4. The second-order valence-electron chi connectivity index (χ2n) is 3.68.